The maximum Gasteiger partial charge on any atom is 0.349 e. The van der Waals surface area contributed by atoms with E-state index in [2.05, 4.69) is 5.32 Å². The van der Waals surface area contributed by atoms with Crippen LogP contribution in [0, 0.1) is 18.3 Å². The first-order valence-corrected chi connectivity index (χ1v) is 9.99. The van der Waals surface area contributed by atoms with Crippen LogP contribution in [-0.4, -0.2) is 25.6 Å². The molecule has 0 fully saturated rings. The Kier molecular flexibility index (Phi) is 7.86. The van der Waals surface area contributed by atoms with Gasteiger partial charge in [-0.25, -0.2) is 4.79 Å². The first kappa shape index (κ1) is 23.2. The number of esters is 1. The molecule has 1 aromatic heterocycles. The third-order valence-electron chi connectivity index (χ3n) is 4.47. The number of carbonyl (C=O) groups excluding carboxylic acids is 2. The van der Waals surface area contributed by atoms with E-state index in [1.165, 1.54) is 25.5 Å². The zero-order valence-electron chi connectivity index (χ0n) is 18.2. The number of benzene rings is 2. The third kappa shape index (κ3) is 6.74. The highest BCUT2D eigenvalue weighted by atomic mass is 16.6. The average Bonchev–Trinajstić information content (AvgIpc) is 3.35. The normalized spacial score (nSPS) is 10.8. The number of nitriles is 1. The molecule has 0 saturated heterocycles. The summed E-state index contributed by atoms with van der Waals surface area (Å²) in [7, 11) is 1.42. The monoisotopic (exact) mass is 446 g/mol. The van der Waals surface area contributed by atoms with Crippen LogP contribution in [0.4, 0.5) is 0 Å². The maximum absolute atomic E-state index is 12.3. The lowest BCUT2D eigenvalue weighted by Gasteiger charge is -2.11. The summed E-state index contributed by atoms with van der Waals surface area (Å²) in [6.45, 7) is 1.84. The number of ether oxygens (including phenoxy) is 3. The number of amides is 1. The minimum Gasteiger partial charge on any atom is -0.493 e. The van der Waals surface area contributed by atoms with Crippen molar-refractivity contribution in [2.45, 2.75) is 13.5 Å². The Bertz CT molecular complexity index is 1170. The van der Waals surface area contributed by atoms with E-state index in [0.29, 0.717) is 17.1 Å². The lowest BCUT2D eigenvalue weighted by molar-refractivity contribution is -0.136. The first-order chi connectivity index (χ1) is 16.0. The topological polar surface area (TPSA) is 111 Å². The number of nitrogens with one attached hydrogen (secondary N) is 1. The molecule has 0 spiro atoms. The van der Waals surface area contributed by atoms with E-state index in [4.69, 9.17) is 18.6 Å². The molecule has 8 heteroatoms. The van der Waals surface area contributed by atoms with Gasteiger partial charge in [0.1, 0.15) is 23.2 Å². The van der Waals surface area contributed by atoms with Gasteiger partial charge < -0.3 is 23.9 Å². The van der Waals surface area contributed by atoms with Gasteiger partial charge in [0, 0.05) is 0 Å². The van der Waals surface area contributed by atoms with Crippen molar-refractivity contribution in [3.63, 3.8) is 0 Å². The van der Waals surface area contributed by atoms with Gasteiger partial charge in [-0.1, -0.05) is 23.8 Å². The predicted molar refractivity (Wildman–Crippen MR) is 119 cm³/mol. The molecule has 3 rings (SSSR count). The average molecular weight is 446 g/mol. The van der Waals surface area contributed by atoms with Crippen LogP contribution in [0.2, 0.25) is 0 Å². The Balaban J connectivity index is 1.63. The van der Waals surface area contributed by atoms with Gasteiger partial charge in [0.05, 0.1) is 19.9 Å². The first-order valence-electron chi connectivity index (χ1n) is 9.99. The zero-order chi connectivity index (χ0) is 23.6. The fourth-order valence-corrected chi connectivity index (χ4v) is 2.78. The molecule has 0 bridgehead atoms. The Morgan fingerprint density at radius 1 is 1.12 bits per heavy atom. The molecule has 0 aliphatic carbocycles. The summed E-state index contributed by atoms with van der Waals surface area (Å²) in [5, 5.41) is 12.0. The molecule has 168 valence electrons. The molecule has 1 amide bonds. The molecule has 0 atom stereocenters. The lowest BCUT2D eigenvalue weighted by Crippen LogP contribution is -2.23. The van der Waals surface area contributed by atoms with Gasteiger partial charge in [-0.2, -0.15) is 5.26 Å². The molecule has 0 saturated carbocycles. The summed E-state index contributed by atoms with van der Waals surface area (Å²) in [5.41, 5.74) is 1.51. The quantitative estimate of drug-likeness (QED) is 0.230. The SMILES string of the molecule is COc1cc(/C=C(\C#N)C(=O)NCc2ccco2)ccc1OC(=O)COc1ccc(C)cc1. The van der Waals surface area contributed by atoms with Gasteiger partial charge >= 0.3 is 5.97 Å². The summed E-state index contributed by atoms with van der Waals surface area (Å²) in [6, 6.07) is 17.3. The van der Waals surface area contributed by atoms with Crippen LogP contribution < -0.4 is 19.5 Å². The molecule has 0 aliphatic heterocycles. The molecule has 1 N–H and O–H groups in total. The van der Waals surface area contributed by atoms with Crippen molar-refractivity contribution in [2.24, 2.45) is 0 Å². The zero-order valence-corrected chi connectivity index (χ0v) is 18.2. The molecule has 2 aromatic carbocycles. The Hall–Kier alpha value is -4.51. The number of carbonyl (C=O) groups is 2. The fraction of sp³-hybridized carbons (Fsp3) is 0.160. The van der Waals surface area contributed by atoms with Gasteiger partial charge in [-0.3, -0.25) is 4.79 Å². The Morgan fingerprint density at radius 3 is 2.58 bits per heavy atom. The highest BCUT2D eigenvalue weighted by Crippen LogP contribution is 2.29. The summed E-state index contributed by atoms with van der Waals surface area (Å²) in [4.78, 5) is 24.5. The number of aryl methyl sites for hydroxylation is 1. The van der Waals surface area contributed by atoms with Crippen LogP contribution in [0.15, 0.2) is 70.9 Å². The molecule has 0 unspecified atom stereocenters. The number of hydrogen-bond acceptors (Lipinski definition) is 7. The summed E-state index contributed by atoms with van der Waals surface area (Å²) in [5.74, 6) is 0.427. The van der Waals surface area contributed by atoms with Gasteiger partial charge in [-0.15, -0.1) is 0 Å². The molecular weight excluding hydrogens is 424 g/mol. The van der Waals surface area contributed by atoms with Crippen LogP contribution in [0.5, 0.6) is 17.2 Å². The second-order valence-corrected chi connectivity index (χ2v) is 6.92. The van der Waals surface area contributed by atoms with Crippen LogP contribution in [-0.2, 0) is 16.1 Å². The fourth-order valence-electron chi connectivity index (χ4n) is 2.78. The Labute approximate surface area is 191 Å². The minimum atomic E-state index is -0.604. The van der Waals surface area contributed by atoms with Crippen molar-refractivity contribution >= 4 is 18.0 Å². The molecular formula is C25H22N2O6. The number of hydrogen-bond donors (Lipinski definition) is 1. The molecule has 3 aromatic rings. The smallest absolute Gasteiger partial charge is 0.349 e. The summed E-state index contributed by atoms with van der Waals surface area (Å²) >= 11 is 0. The van der Waals surface area contributed by atoms with Crippen molar-refractivity contribution < 1.29 is 28.2 Å². The second kappa shape index (κ2) is 11.2. The minimum absolute atomic E-state index is 0.0974. The molecule has 0 aliphatic rings. The van der Waals surface area contributed by atoms with Gasteiger partial charge in [0.2, 0.25) is 0 Å². The number of rotatable bonds is 9. The van der Waals surface area contributed by atoms with Crippen molar-refractivity contribution in [3.05, 3.63) is 83.3 Å². The second-order valence-electron chi connectivity index (χ2n) is 6.92. The summed E-state index contributed by atoms with van der Waals surface area (Å²) < 4.78 is 21.2. The highest BCUT2D eigenvalue weighted by Gasteiger charge is 2.14. The van der Waals surface area contributed by atoms with E-state index in [1.807, 2.05) is 25.1 Å². The molecule has 8 nitrogen and oxygen atoms in total. The van der Waals surface area contributed by atoms with Crippen LogP contribution >= 0.6 is 0 Å². The van der Waals surface area contributed by atoms with E-state index in [0.717, 1.165) is 5.56 Å². The van der Waals surface area contributed by atoms with Crippen molar-refractivity contribution in [1.29, 1.82) is 5.26 Å². The largest absolute Gasteiger partial charge is 0.493 e. The van der Waals surface area contributed by atoms with Gasteiger partial charge in [-0.05, 0) is 55.0 Å². The maximum atomic E-state index is 12.3. The lowest BCUT2D eigenvalue weighted by atomic mass is 10.1. The third-order valence-corrected chi connectivity index (χ3v) is 4.47. The number of methoxy groups -OCH3 is 1. The van der Waals surface area contributed by atoms with Crippen LogP contribution in [0.1, 0.15) is 16.9 Å². The van der Waals surface area contributed by atoms with Gasteiger partial charge in [0.25, 0.3) is 5.91 Å². The van der Waals surface area contributed by atoms with E-state index in [1.54, 1.807) is 36.4 Å². The van der Waals surface area contributed by atoms with E-state index in [-0.39, 0.29) is 30.2 Å². The number of furan rings is 1. The number of nitrogens with zero attached hydrogens (tertiary/aromatic N) is 1. The van der Waals surface area contributed by atoms with Crippen molar-refractivity contribution in [3.8, 4) is 23.3 Å². The van der Waals surface area contributed by atoms with Crippen LogP contribution in [0.3, 0.4) is 0 Å². The van der Waals surface area contributed by atoms with E-state index >= 15 is 0 Å². The summed E-state index contributed by atoms with van der Waals surface area (Å²) in [6.07, 6.45) is 2.91. The molecule has 1 heterocycles. The van der Waals surface area contributed by atoms with Gasteiger partial charge in [0.15, 0.2) is 18.1 Å². The van der Waals surface area contributed by atoms with E-state index < -0.39 is 11.9 Å². The van der Waals surface area contributed by atoms with Crippen molar-refractivity contribution in [2.75, 3.05) is 13.7 Å². The van der Waals surface area contributed by atoms with Crippen molar-refractivity contribution in [1.82, 2.24) is 5.32 Å². The highest BCUT2D eigenvalue weighted by molar-refractivity contribution is 6.01. The van der Waals surface area contributed by atoms with Crippen LogP contribution in [0.25, 0.3) is 6.08 Å². The predicted octanol–water partition coefficient (Wildman–Crippen LogP) is 3.80. The standard InChI is InChI=1S/C25H22N2O6/c1-17-5-8-20(9-6-17)32-16-24(28)33-22-10-7-18(13-23(22)30-2)12-19(14-26)25(29)27-15-21-4-3-11-31-21/h3-13H,15-16H2,1-2H3,(H,27,29)/b19-12+. The molecule has 33 heavy (non-hydrogen) atoms. The molecule has 0 radical (unpaired) electrons. The Morgan fingerprint density at radius 2 is 1.91 bits per heavy atom. The van der Waals surface area contributed by atoms with E-state index in [9.17, 15) is 14.9 Å².